The summed E-state index contributed by atoms with van der Waals surface area (Å²) in [7, 11) is 1.34. The molecular weight excluding hydrogens is 320 g/mol. The van der Waals surface area contributed by atoms with Gasteiger partial charge in [0.05, 0.1) is 12.7 Å². The molecule has 0 aliphatic carbocycles. The zero-order valence-electron chi connectivity index (χ0n) is 11.1. The molecule has 0 saturated carbocycles. The molecule has 4 heteroatoms. The first-order chi connectivity index (χ1) is 9.54. The average Bonchev–Trinajstić information content (AvgIpc) is 2.47. The van der Waals surface area contributed by atoms with Crippen molar-refractivity contribution in [1.29, 1.82) is 0 Å². The second-order valence-corrected chi connectivity index (χ2v) is 5.14. The molecule has 0 aromatic heterocycles. The van der Waals surface area contributed by atoms with Crippen LogP contribution in [0.3, 0.4) is 0 Å². The van der Waals surface area contributed by atoms with Crippen LogP contribution in [0.4, 0.5) is 0 Å². The van der Waals surface area contributed by atoms with E-state index in [4.69, 9.17) is 4.74 Å². The second kappa shape index (κ2) is 6.01. The van der Waals surface area contributed by atoms with Gasteiger partial charge in [-0.05, 0) is 46.1 Å². The van der Waals surface area contributed by atoms with Gasteiger partial charge < -0.3 is 4.74 Å². The molecule has 0 atom stereocenters. The molecule has 0 spiro atoms. The topological polar surface area (TPSA) is 43.4 Å². The minimum atomic E-state index is -0.418. The van der Waals surface area contributed by atoms with E-state index in [1.165, 1.54) is 14.0 Å². The molecule has 0 N–H and O–H groups in total. The number of benzene rings is 2. The molecule has 0 radical (unpaired) electrons. The molecule has 3 nitrogen and oxygen atoms in total. The molecule has 0 saturated heterocycles. The number of hydrogen-bond acceptors (Lipinski definition) is 3. The highest BCUT2D eigenvalue weighted by atomic mass is 79.9. The van der Waals surface area contributed by atoms with Crippen molar-refractivity contribution in [1.82, 2.24) is 0 Å². The Balaban J connectivity index is 2.60. The van der Waals surface area contributed by atoms with Crippen molar-refractivity contribution in [2.24, 2.45) is 0 Å². The van der Waals surface area contributed by atoms with Crippen LogP contribution < -0.4 is 0 Å². The number of ketones is 1. The zero-order valence-corrected chi connectivity index (χ0v) is 12.7. The Morgan fingerprint density at radius 3 is 2.40 bits per heavy atom. The lowest BCUT2D eigenvalue weighted by Gasteiger charge is -2.09. The van der Waals surface area contributed by atoms with Gasteiger partial charge in [0.25, 0.3) is 0 Å². The quantitative estimate of drug-likeness (QED) is 0.627. The first kappa shape index (κ1) is 14.5. The fraction of sp³-hybridized carbons (Fsp3) is 0.125. The van der Waals surface area contributed by atoms with Gasteiger partial charge in [0.15, 0.2) is 5.78 Å². The Morgan fingerprint density at radius 2 is 1.75 bits per heavy atom. The van der Waals surface area contributed by atoms with Crippen LogP contribution >= 0.6 is 15.9 Å². The maximum Gasteiger partial charge on any atom is 0.339 e. The largest absolute Gasteiger partial charge is 0.465 e. The first-order valence-electron chi connectivity index (χ1n) is 6.02. The van der Waals surface area contributed by atoms with Crippen molar-refractivity contribution in [3.8, 4) is 11.1 Å². The number of halogens is 1. The van der Waals surface area contributed by atoms with Gasteiger partial charge in [-0.15, -0.1) is 0 Å². The molecule has 102 valence electrons. The van der Waals surface area contributed by atoms with E-state index < -0.39 is 5.97 Å². The van der Waals surface area contributed by atoms with E-state index in [9.17, 15) is 9.59 Å². The molecule has 0 bridgehead atoms. The molecule has 2 aromatic rings. The first-order valence-corrected chi connectivity index (χ1v) is 6.82. The van der Waals surface area contributed by atoms with Gasteiger partial charge in [-0.1, -0.05) is 30.3 Å². The van der Waals surface area contributed by atoms with Crippen LogP contribution in [0.2, 0.25) is 0 Å². The summed E-state index contributed by atoms with van der Waals surface area (Å²) in [6.07, 6.45) is 0. The van der Waals surface area contributed by atoms with Crippen LogP contribution in [-0.4, -0.2) is 18.9 Å². The van der Waals surface area contributed by atoms with Crippen LogP contribution in [0.15, 0.2) is 46.9 Å². The molecule has 2 rings (SSSR count). The number of carbonyl (C=O) groups is 2. The number of rotatable bonds is 3. The number of hydrogen-bond donors (Lipinski definition) is 0. The monoisotopic (exact) mass is 332 g/mol. The molecule has 0 aliphatic heterocycles. The van der Waals surface area contributed by atoms with E-state index in [0.717, 1.165) is 11.1 Å². The maximum absolute atomic E-state index is 11.7. The van der Waals surface area contributed by atoms with Crippen molar-refractivity contribution in [3.05, 3.63) is 58.1 Å². The van der Waals surface area contributed by atoms with Crippen LogP contribution in [0.25, 0.3) is 11.1 Å². The van der Waals surface area contributed by atoms with Crippen LogP contribution in [-0.2, 0) is 4.74 Å². The van der Waals surface area contributed by atoms with Crippen molar-refractivity contribution >= 4 is 27.7 Å². The SMILES string of the molecule is COC(=O)c1cc(-c2ccccc2C(C)=O)ccc1Br. The summed E-state index contributed by atoms with van der Waals surface area (Å²) in [5.41, 5.74) is 2.67. The minimum absolute atomic E-state index is 0.0110. The summed E-state index contributed by atoms with van der Waals surface area (Å²) in [6, 6.07) is 12.7. The van der Waals surface area contributed by atoms with Gasteiger partial charge in [0, 0.05) is 10.0 Å². The number of Topliss-reactive ketones (excluding diaryl/α,β-unsaturated/α-hetero) is 1. The summed E-state index contributed by atoms with van der Waals surface area (Å²) in [5.74, 6) is -0.429. The summed E-state index contributed by atoms with van der Waals surface area (Å²) >= 11 is 3.32. The lowest BCUT2D eigenvalue weighted by molar-refractivity contribution is 0.0599. The Hall–Kier alpha value is -1.94. The molecule has 0 aliphatic rings. The highest BCUT2D eigenvalue weighted by Gasteiger charge is 2.14. The van der Waals surface area contributed by atoms with Gasteiger partial charge >= 0.3 is 5.97 Å². The summed E-state index contributed by atoms with van der Waals surface area (Å²) in [6.45, 7) is 1.53. The molecule has 0 unspecified atom stereocenters. The number of carbonyl (C=O) groups excluding carboxylic acids is 2. The Labute approximate surface area is 125 Å². The van der Waals surface area contributed by atoms with E-state index in [1.807, 2.05) is 24.3 Å². The van der Waals surface area contributed by atoms with Gasteiger partial charge in [-0.2, -0.15) is 0 Å². The highest BCUT2D eigenvalue weighted by molar-refractivity contribution is 9.10. The lowest BCUT2D eigenvalue weighted by atomic mass is 9.96. The van der Waals surface area contributed by atoms with Crippen LogP contribution in [0.5, 0.6) is 0 Å². The normalized spacial score (nSPS) is 10.2. The third-order valence-electron chi connectivity index (χ3n) is 2.99. The van der Waals surface area contributed by atoms with E-state index in [0.29, 0.717) is 15.6 Å². The smallest absolute Gasteiger partial charge is 0.339 e. The molecule has 2 aromatic carbocycles. The van der Waals surface area contributed by atoms with Crippen molar-refractivity contribution < 1.29 is 14.3 Å². The minimum Gasteiger partial charge on any atom is -0.465 e. The number of esters is 1. The van der Waals surface area contributed by atoms with E-state index in [1.54, 1.807) is 18.2 Å². The summed E-state index contributed by atoms with van der Waals surface area (Å²) in [4.78, 5) is 23.4. The Morgan fingerprint density at radius 1 is 1.05 bits per heavy atom. The van der Waals surface area contributed by atoms with E-state index in [2.05, 4.69) is 15.9 Å². The molecule has 0 heterocycles. The Bertz CT molecular complexity index is 677. The maximum atomic E-state index is 11.7. The number of methoxy groups -OCH3 is 1. The predicted molar refractivity (Wildman–Crippen MR) is 80.9 cm³/mol. The predicted octanol–water partition coefficient (Wildman–Crippen LogP) is 4.11. The van der Waals surface area contributed by atoms with E-state index >= 15 is 0 Å². The molecule has 0 fully saturated rings. The van der Waals surface area contributed by atoms with Crippen molar-refractivity contribution in [2.45, 2.75) is 6.92 Å². The fourth-order valence-corrected chi connectivity index (χ4v) is 2.41. The second-order valence-electron chi connectivity index (χ2n) is 4.29. The number of ether oxygens (including phenoxy) is 1. The standard InChI is InChI=1S/C16H13BrO3/c1-10(18)12-5-3-4-6-13(12)11-7-8-15(17)14(9-11)16(19)20-2/h3-9H,1-2H3. The molecular formula is C16H13BrO3. The van der Waals surface area contributed by atoms with Crippen molar-refractivity contribution in [3.63, 3.8) is 0 Å². The van der Waals surface area contributed by atoms with Gasteiger partial charge in [-0.3, -0.25) is 4.79 Å². The van der Waals surface area contributed by atoms with Crippen LogP contribution in [0, 0.1) is 0 Å². The highest BCUT2D eigenvalue weighted by Crippen LogP contribution is 2.28. The summed E-state index contributed by atoms with van der Waals surface area (Å²) < 4.78 is 5.41. The zero-order chi connectivity index (χ0) is 14.7. The van der Waals surface area contributed by atoms with E-state index in [-0.39, 0.29) is 5.78 Å². The average molecular weight is 333 g/mol. The van der Waals surface area contributed by atoms with Gasteiger partial charge in [-0.25, -0.2) is 4.79 Å². The van der Waals surface area contributed by atoms with Gasteiger partial charge in [0.2, 0.25) is 0 Å². The molecule has 0 amide bonds. The summed E-state index contributed by atoms with van der Waals surface area (Å²) in [5, 5.41) is 0. The van der Waals surface area contributed by atoms with Crippen molar-refractivity contribution in [2.75, 3.05) is 7.11 Å². The molecule has 20 heavy (non-hydrogen) atoms. The third kappa shape index (κ3) is 2.80. The van der Waals surface area contributed by atoms with Crippen LogP contribution in [0.1, 0.15) is 27.6 Å². The fourth-order valence-electron chi connectivity index (χ4n) is 2.00. The Kier molecular flexibility index (Phi) is 4.35. The third-order valence-corrected chi connectivity index (χ3v) is 3.68. The van der Waals surface area contributed by atoms with Gasteiger partial charge in [0.1, 0.15) is 0 Å². The lowest BCUT2D eigenvalue weighted by Crippen LogP contribution is -2.03.